The number of carboxylic acids is 1. The van der Waals surface area contributed by atoms with Gasteiger partial charge in [-0.1, -0.05) is 45.9 Å². The van der Waals surface area contributed by atoms with Crippen molar-refractivity contribution in [2.24, 2.45) is 0 Å². The minimum Gasteiger partial charge on any atom is -0.481 e. The molecule has 0 atom stereocenters. The third kappa shape index (κ3) is 4.39. The lowest BCUT2D eigenvalue weighted by atomic mass is 9.63. The number of aliphatic carboxylic acids is 1. The highest BCUT2D eigenvalue weighted by Crippen LogP contribution is 2.46. The average molecular weight is 393 g/mol. The number of carbonyl (C=O) groups is 3. The van der Waals surface area contributed by atoms with Crippen molar-refractivity contribution in [3.63, 3.8) is 0 Å². The Morgan fingerprint density at radius 3 is 2.00 bits per heavy atom. The fourth-order valence-electron chi connectivity index (χ4n) is 3.92. The molecule has 0 fully saturated rings. The molecule has 1 amide bonds. The van der Waals surface area contributed by atoms with E-state index in [0.29, 0.717) is 5.56 Å². The van der Waals surface area contributed by atoms with Crippen LogP contribution in [-0.4, -0.2) is 22.8 Å². The van der Waals surface area contributed by atoms with Gasteiger partial charge in [-0.25, -0.2) is 0 Å². The third-order valence-electron chi connectivity index (χ3n) is 5.89. The summed E-state index contributed by atoms with van der Waals surface area (Å²) in [4.78, 5) is 35.1. The van der Waals surface area contributed by atoms with Gasteiger partial charge in [0.05, 0.1) is 0 Å². The Labute approximate surface area is 171 Å². The summed E-state index contributed by atoms with van der Waals surface area (Å²) < 4.78 is 0. The number of carbonyl (C=O) groups excluding carboxylic acids is 2. The largest absolute Gasteiger partial charge is 0.481 e. The monoisotopic (exact) mass is 393 g/mol. The van der Waals surface area contributed by atoms with Crippen molar-refractivity contribution in [3.8, 4) is 0 Å². The Morgan fingerprint density at radius 2 is 1.41 bits per heavy atom. The lowest BCUT2D eigenvalue weighted by molar-refractivity contribution is -0.135. The molecular formula is C24H27NO4. The van der Waals surface area contributed by atoms with Crippen LogP contribution in [0, 0.1) is 0 Å². The molecule has 0 unspecified atom stereocenters. The van der Waals surface area contributed by atoms with Crippen LogP contribution < -0.4 is 5.32 Å². The second kappa shape index (κ2) is 7.47. The standard InChI is InChI=1S/C24H27NO4/c1-23(2)11-12-24(3,4)19-13-17(9-10-18(19)23)25-22(29)16-7-5-15(6-8-16)20(26)14-21(27)28/h5-10,13H,11-12,14H2,1-4H3,(H,25,29)(H,27,28). The molecule has 5 heteroatoms. The van der Waals surface area contributed by atoms with Crippen molar-refractivity contribution >= 4 is 23.3 Å². The topological polar surface area (TPSA) is 83.5 Å². The number of nitrogens with one attached hydrogen (secondary N) is 1. The average Bonchev–Trinajstić information content (AvgIpc) is 2.65. The molecule has 0 spiro atoms. The number of ketones is 1. The maximum absolute atomic E-state index is 12.6. The van der Waals surface area contributed by atoms with Gasteiger partial charge in [0.15, 0.2) is 5.78 Å². The first kappa shape index (κ1) is 20.8. The van der Waals surface area contributed by atoms with Crippen LogP contribution in [0.4, 0.5) is 5.69 Å². The number of hydrogen-bond donors (Lipinski definition) is 2. The van der Waals surface area contributed by atoms with Crippen LogP contribution in [0.25, 0.3) is 0 Å². The van der Waals surface area contributed by atoms with Gasteiger partial charge in [0.1, 0.15) is 6.42 Å². The highest BCUT2D eigenvalue weighted by atomic mass is 16.4. The zero-order valence-corrected chi connectivity index (χ0v) is 17.3. The van der Waals surface area contributed by atoms with Gasteiger partial charge in [-0.3, -0.25) is 14.4 Å². The number of carboxylic acid groups (broad SMARTS) is 1. The molecule has 2 aromatic rings. The Balaban J connectivity index is 1.79. The van der Waals surface area contributed by atoms with Crippen LogP contribution in [0.15, 0.2) is 42.5 Å². The highest BCUT2D eigenvalue weighted by Gasteiger charge is 2.37. The second-order valence-electron chi connectivity index (χ2n) is 9.05. The Hall–Kier alpha value is -2.95. The van der Waals surface area contributed by atoms with E-state index in [-0.39, 0.29) is 22.3 Å². The van der Waals surface area contributed by atoms with Crippen molar-refractivity contribution in [3.05, 3.63) is 64.7 Å². The summed E-state index contributed by atoms with van der Waals surface area (Å²) >= 11 is 0. The molecule has 3 rings (SSSR count). The van der Waals surface area contributed by atoms with E-state index in [4.69, 9.17) is 5.11 Å². The molecule has 0 saturated carbocycles. The van der Waals surface area contributed by atoms with Crippen molar-refractivity contribution < 1.29 is 19.5 Å². The summed E-state index contributed by atoms with van der Waals surface area (Å²) in [6.45, 7) is 8.98. The van der Waals surface area contributed by atoms with E-state index in [2.05, 4.69) is 45.1 Å². The quantitative estimate of drug-likeness (QED) is 0.556. The predicted octanol–water partition coefficient (Wildman–Crippen LogP) is 4.95. The summed E-state index contributed by atoms with van der Waals surface area (Å²) in [6.07, 6.45) is 1.66. The highest BCUT2D eigenvalue weighted by molar-refractivity contribution is 6.07. The summed E-state index contributed by atoms with van der Waals surface area (Å²) in [5.74, 6) is -1.92. The first-order chi connectivity index (χ1) is 13.5. The number of rotatable bonds is 5. The van der Waals surface area contributed by atoms with Crippen LogP contribution in [0.5, 0.6) is 0 Å². The van der Waals surface area contributed by atoms with Gasteiger partial charge in [-0.15, -0.1) is 0 Å². The molecule has 0 heterocycles. The van der Waals surface area contributed by atoms with Crippen molar-refractivity contribution in [1.82, 2.24) is 0 Å². The maximum Gasteiger partial charge on any atom is 0.311 e. The van der Waals surface area contributed by atoms with Crippen LogP contribution >= 0.6 is 0 Å². The smallest absolute Gasteiger partial charge is 0.311 e. The molecule has 1 aliphatic rings. The molecule has 0 bridgehead atoms. The van der Waals surface area contributed by atoms with Gasteiger partial charge in [0, 0.05) is 16.8 Å². The van der Waals surface area contributed by atoms with Crippen molar-refractivity contribution in [2.75, 3.05) is 5.32 Å². The van der Waals surface area contributed by atoms with E-state index in [0.717, 1.165) is 18.5 Å². The first-order valence-electron chi connectivity index (χ1n) is 9.81. The van der Waals surface area contributed by atoms with Crippen LogP contribution in [0.2, 0.25) is 0 Å². The molecule has 152 valence electrons. The van der Waals surface area contributed by atoms with Gasteiger partial charge in [0.25, 0.3) is 5.91 Å². The molecule has 0 saturated heterocycles. The van der Waals surface area contributed by atoms with E-state index < -0.39 is 18.2 Å². The van der Waals surface area contributed by atoms with Crippen molar-refractivity contribution in [1.29, 1.82) is 0 Å². The van der Waals surface area contributed by atoms with Gasteiger partial charge in [0.2, 0.25) is 0 Å². The number of amides is 1. The van der Waals surface area contributed by atoms with Gasteiger partial charge in [-0.05, 0) is 59.1 Å². The fraction of sp³-hybridized carbons (Fsp3) is 0.375. The van der Waals surface area contributed by atoms with Crippen molar-refractivity contribution in [2.45, 2.75) is 57.8 Å². The Morgan fingerprint density at radius 1 is 0.862 bits per heavy atom. The molecule has 0 radical (unpaired) electrons. The second-order valence-corrected chi connectivity index (χ2v) is 9.05. The van der Waals surface area contributed by atoms with Gasteiger partial charge >= 0.3 is 5.97 Å². The van der Waals surface area contributed by atoms with E-state index in [1.165, 1.54) is 35.4 Å². The van der Waals surface area contributed by atoms with Gasteiger partial charge in [-0.2, -0.15) is 0 Å². The minimum absolute atomic E-state index is 0.0533. The number of anilines is 1. The molecule has 29 heavy (non-hydrogen) atoms. The summed E-state index contributed by atoms with van der Waals surface area (Å²) in [6, 6.07) is 12.2. The predicted molar refractivity (Wildman–Crippen MR) is 113 cm³/mol. The zero-order chi connectivity index (χ0) is 21.4. The van der Waals surface area contributed by atoms with Crippen LogP contribution in [-0.2, 0) is 15.6 Å². The van der Waals surface area contributed by atoms with Crippen LogP contribution in [0.3, 0.4) is 0 Å². The third-order valence-corrected chi connectivity index (χ3v) is 5.89. The summed E-state index contributed by atoms with van der Waals surface area (Å²) in [5, 5.41) is 11.7. The molecule has 1 aliphatic carbocycles. The molecular weight excluding hydrogens is 366 g/mol. The Bertz CT molecular complexity index is 971. The molecule has 2 N–H and O–H groups in total. The first-order valence-corrected chi connectivity index (χ1v) is 9.81. The number of hydrogen-bond acceptors (Lipinski definition) is 3. The van der Waals surface area contributed by atoms with E-state index in [1.54, 1.807) is 0 Å². The zero-order valence-electron chi connectivity index (χ0n) is 17.3. The SMILES string of the molecule is CC1(C)CCC(C)(C)c2cc(NC(=O)c3ccc(C(=O)CC(=O)O)cc3)ccc21. The normalized spacial score (nSPS) is 16.6. The minimum atomic E-state index is -1.17. The van der Waals surface area contributed by atoms with Crippen LogP contribution in [0.1, 0.15) is 78.8 Å². The molecule has 2 aromatic carbocycles. The maximum atomic E-state index is 12.6. The lowest BCUT2D eigenvalue weighted by Crippen LogP contribution is -2.33. The van der Waals surface area contributed by atoms with E-state index >= 15 is 0 Å². The number of benzene rings is 2. The lowest BCUT2D eigenvalue weighted by Gasteiger charge is -2.42. The van der Waals surface area contributed by atoms with E-state index in [9.17, 15) is 14.4 Å². The summed E-state index contributed by atoms with van der Waals surface area (Å²) in [7, 11) is 0. The molecule has 0 aliphatic heterocycles. The van der Waals surface area contributed by atoms with Gasteiger partial charge < -0.3 is 10.4 Å². The molecule has 0 aromatic heterocycles. The Kier molecular flexibility index (Phi) is 5.35. The molecule has 5 nitrogen and oxygen atoms in total. The number of Topliss-reactive ketones (excluding diaryl/α,β-unsaturated/α-hetero) is 1. The fourth-order valence-corrected chi connectivity index (χ4v) is 3.92. The summed E-state index contributed by atoms with van der Waals surface area (Å²) in [5.41, 5.74) is 4.19. The number of fused-ring (bicyclic) bond motifs is 1. The van der Waals surface area contributed by atoms with E-state index in [1.807, 2.05) is 6.07 Å².